The summed E-state index contributed by atoms with van der Waals surface area (Å²) >= 11 is 0. The third-order valence-corrected chi connectivity index (χ3v) is 8.28. The maximum absolute atomic E-state index is 13.5. The van der Waals surface area contributed by atoms with Crippen LogP contribution < -0.4 is 0 Å². The van der Waals surface area contributed by atoms with Crippen LogP contribution >= 0.6 is 0 Å². The topological polar surface area (TPSA) is 26.3 Å². The molecular formula is C30H48O2Si. The molecule has 0 spiro atoms. The molecule has 0 aromatic heterocycles. The van der Waals surface area contributed by atoms with Gasteiger partial charge >= 0.3 is 5.97 Å². The molecule has 0 radical (unpaired) electrons. The van der Waals surface area contributed by atoms with Crippen LogP contribution in [0.4, 0.5) is 0 Å². The van der Waals surface area contributed by atoms with Crippen molar-refractivity contribution in [3.63, 3.8) is 0 Å². The van der Waals surface area contributed by atoms with Crippen molar-refractivity contribution in [1.29, 1.82) is 0 Å². The number of benzene rings is 1. The summed E-state index contributed by atoms with van der Waals surface area (Å²) in [5.41, 5.74) is 4.26. The van der Waals surface area contributed by atoms with Gasteiger partial charge in [-0.3, -0.25) is 0 Å². The first kappa shape index (κ1) is 27.6. The summed E-state index contributed by atoms with van der Waals surface area (Å²) in [4.78, 5) is 13.5. The minimum Gasteiger partial charge on any atom is -0.458 e. The molecule has 1 aliphatic rings. The fourth-order valence-electron chi connectivity index (χ4n) is 5.11. The highest BCUT2D eigenvalue weighted by molar-refractivity contribution is 6.81. The van der Waals surface area contributed by atoms with Gasteiger partial charge in [0.1, 0.15) is 6.10 Å². The average molecular weight is 469 g/mol. The molecule has 0 heterocycles. The summed E-state index contributed by atoms with van der Waals surface area (Å²) in [5.74, 6) is 0.783. The molecule has 0 saturated heterocycles. The quantitative estimate of drug-likeness (QED) is 0.107. The van der Waals surface area contributed by atoms with E-state index in [9.17, 15) is 4.79 Å². The SMILES string of the molecule is CCCCCC/C=C/C(=C\[Si](C)(C)C)C(=O)OC1CC(C)CCC1C(C)(C)c1ccccc1. The molecule has 0 N–H and O–H groups in total. The predicted octanol–water partition coefficient (Wildman–Crippen LogP) is 8.64. The Bertz CT molecular complexity index is 785. The van der Waals surface area contributed by atoms with Crippen LogP contribution in [0.1, 0.15) is 84.6 Å². The average Bonchev–Trinajstić information content (AvgIpc) is 2.75. The predicted molar refractivity (Wildman–Crippen MR) is 145 cm³/mol. The summed E-state index contributed by atoms with van der Waals surface area (Å²) in [6.07, 6.45) is 13.4. The molecule has 1 aliphatic carbocycles. The van der Waals surface area contributed by atoms with E-state index in [0.717, 1.165) is 24.8 Å². The molecule has 1 aromatic carbocycles. The van der Waals surface area contributed by atoms with Gasteiger partial charge in [-0.1, -0.05) is 121 Å². The van der Waals surface area contributed by atoms with Crippen LogP contribution in [0.2, 0.25) is 19.6 Å². The first-order valence-corrected chi connectivity index (χ1v) is 16.8. The Morgan fingerprint density at radius 2 is 1.79 bits per heavy atom. The summed E-state index contributed by atoms with van der Waals surface area (Å²) in [6.45, 7) is 16.0. The molecule has 33 heavy (non-hydrogen) atoms. The summed E-state index contributed by atoms with van der Waals surface area (Å²) in [5, 5.41) is 0. The van der Waals surface area contributed by atoms with E-state index in [1.165, 1.54) is 37.7 Å². The molecule has 0 aliphatic heterocycles. The first-order valence-electron chi connectivity index (χ1n) is 13.2. The maximum atomic E-state index is 13.5. The molecular weight excluding hydrogens is 420 g/mol. The van der Waals surface area contributed by atoms with E-state index >= 15 is 0 Å². The van der Waals surface area contributed by atoms with Crippen LogP contribution in [0.5, 0.6) is 0 Å². The van der Waals surface area contributed by atoms with Crippen LogP contribution in [0.25, 0.3) is 0 Å². The molecule has 2 nitrogen and oxygen atoms in total. The third-order valence-electron chi connectivity index (χ3n) is 7.10. The number of carbonyl (C=O) groups excluding carboxylic acids is 1. The summed E-state index contributed by atoms with van der Waals surface area (Å²) in [6, 6.07) is 10.7. The van der Waals surface area contributed by atoms with Gasteiger partial charge < -0.3 is 4.74 Å². The van der Waals surface area contributed by atoms with E-state index in [-0.39, 0.29) is 17.5 Å². The van der Waals surface area contributed by atoms with Crippen molar-refractivity contribution in [3.05, 3.63) is 59.3 Å². The molecule has 2 rings (SSSR count). The van der Waals surface area contributed by atoms with Gasteiger partial charge in [-0.15, -0.1) is 0 Å². The van der Waals surface area contributed by atoms with Gasteiger partial charge in [-0.25, -0.2) is 4.79 Å². The van der Waals surface area contributed by atoms with Gasteiger partial charge in [0, 0.05) is 5.92 Å². The van der Waals surface area contributed by atoms with E-state index in [4.69, 9.17) is 4.74 Å². The van der Waals surface area contributed by atoms with Crippen molar-refractivity contribution in [2.24, 2.45) is 11.8 Å². The molecule has 1 fully saturated rings. The van der Waals surface area contributed by atoms with Crippen molar-refractivity contribution >= 4 is 14.0 Å². The van der Waals surface area contributed by atoms with E-state index in [1.54, 1.807) is 0 Å². The lowest BCUT2D eigenvalue weighted by atomic mass is 9.64. The van der Waals surface area contributed by atoms with Crippen LogP contribution in [-0.4, -0.2) is 20.1 Å². The van der Waals surface area contributed by atoms with Crippen LogP contribution in [-0.2, 0) is 14.9 Å². The zero-order valence-corrected chi connectivity index (χ0v) is 23.3. The van der Waals surface area contributed by atoms with Crippen LogP contribution in [0, 0.1) is 11.8 Å². The lowest BCUT2D eigenvalue weighted by Gasteiger charge is -2.44. The van der Waals surface area contributed by atoms with Gasteiger partial charge in [-0.05, 0) is 42.6 Å². The van der Waals surface area contributed by atoms with Crippen molar-refractivity contribution in [2.75, 3.05) is 0 Å². The van der Waals surface area contributed by atoms with Gasteiger partial charge in [-0.2, -0.15) is 0 Å². The van der Waals surface area contributed by atoms with Crippen molar-refractivity contribution in [3.8, 4) is 0 Å². The number of hydrogen-bond donors (Lipinski definition) is 0. The second-order valence-electron chi connectivity index (χ2n) is 11.8. The van der Waals surface area contributed by atoms with E-state index in [1.807, 2.05) is 6.08 Å². The minimum absolute atomic E-state index is 0.0376. The zero-order valence-electron chi connectivity index (χ0n) is 22.3. The molecule has 1 aromatic rings. The maximum Gasteiger partial charge on any atom is 0.337 e. The van der Waals surface area contributed by atoms with Crippen LogP contribution in [0.3, 0.4) is 0 Å². The van der Waals surface area contributed by atoms with Gasteiger partial charge in [0.25, 0.3) is 0 Å². The summed E-state index contributed by atoms with van der Waals surface area (Å²) < 4.78 is 6.35. The minimum atomic E-state index is -1.56. The number of allylic oxidation sites excluding steroid dienone is 1. The third kappa shape index (κ3) is 8.92. The second kappa shape index (κ2) is 12.7. The fourth-order valence-corrected chi connectivity index (χ4v) is 6.26. The molecule has 3 unspecified atom stereocenters. The molecule has 0 bridgehead atoms. The Morgan fingerprint density at radius 3 is 2.42 bits per heavy atom. The highest BCUT2D eigenvalue weighted by Gasteiger charge is 2.42. The Morgan fingerprint density at radius 1 is 1.09 bits per heavy atom. The van der Waals surface area contributed by atoms with Crippen LogP contribution in [0.15, 0.2) is 53.8 Å². The number of ether oxygens (including phenoxy) is 1. The Balaban J connectivity index is 2.20. The van der Waals surface area contributed by atoms with Crippen molar-refractivity contribution in [1.82, 2.24) is 0 Å². The van der Waals surface area contributed by atoms with Gasteiger partial charge in [0.2, 0.25) is 0 Å². The molecule has 3 heteroatoms. The van der Waals surface area contributed by atoms with E-state index in [2.05, 4.69) is 89.4 Å². The molecule has 184 valence electrons. The molecule has 3 atom stereocenters. The van der Waals surface area contributed by atoms with Crippen molar-refractivity contribution in [2.45, 2.75) is 110 Å². The number of unbranched alkanes of at least 4 members (excludes halogenated alkanes) is 4. The number of carbonyl (C=O) groups is 1. The van der Waals surface area contributed by atoms with E-state index in [0.29, 0.717) is 11.8 Å². The Hall–Kier alpha value is -1.61. The fraction of sp³-hybridized carbons (Fsp3) is 0.633. The monoisotopic (exact) mass is 468 g/mol. The number of esters is 1. The first-order chi connectivity index (χ1) is 15.5. The standard InChI is InChI=1S/C30H48O2Si/c1-8-9-10-11-12-14-17-25(23-33(5,6)7)29(31)32-28-22-24(2)20-21-27(28)30(3,4)26-18-15-13-16-19-26/h13-19,23-24,27-28H,8-12,20-22H2,1-7H3/b17-14+,25-23+. The van der Waals surface area contributed by atoms with E-state index < -0.39 is 8.07 Å². The highest BCUT2D eigenvalue weighted by Crippen LogP contribution is 2.43. The zero-order chi connectivity index (χ0) is 24.5. The smallest absolute Gasteiger partial charge is 0.337 e. The number of rotatable bonds is 11. The lowest BCUT2D eigenvalue weighted by Crippen LogP contribution is -2.43. The Labute approximate surface area is 204 Å². The normalized spacial score (nSPS) is 22.5. The van der Waals surface area contributed by atoms with Crippen molar-refractivity contribution < 1.29 is 9.53 Å². The molecule has 0 amide bonds. The second-order valence-corrected chi connectivity index (χ2v) is 16.8. The summed E-state index contributed by atoms with van der Waals surface area (Å²) in [7, 11) is -1.56. The molecule has 1 saturated carbocycles. The largest absolute Gasteiger partial charge is 0.458 e. The number of hydrogen-bond acceptors (Lipinski definition) is 2. The lowest BCUT2D eigenvalue weighted by molar-refractivity contribution is -0.151. The Kier molecular flexibility index (Phi) is 10.7. The van der Waals surface area contributed by atoms with Gasteiger partial charge in [0.05, 0.1) is 13.6 Å². The highest BCUT2D eigenvalue weighted by atomic mass is 28.3. The van der Waals surface area contributed by atoms with Gasteiger partial charge in [0.15, 0.2) is 0 Å².